The zero-order valence-electron chi connectivity index (χ0n) is 13.3. The standard InChI is InChI=1S/C19H15N3O3/c1-2-13-7-6-10-15-17(13)18(23)22(14-8-4-3-5-9-14)16(21-15)11-12-20-19(24)25/h1,3-10,20H,11-12H2,(H,24,25). The molecular formula is C19H15N3O3. The van der Waals surface area contributed by atoms with Gasteiger partial charge >= 0.3 is 6.09 Å². The Morgan fingerprint density at radius 3 is 2.64 bits per heavy atom. The smallest absolute Gasteiger partial charge is 0.404 e. The van der Waals surface area contributed by atoms with Crippen LogP contribution in [0.5, 0.6) is 0 Å². The first kappa shape index (κ1) is 16.3. The molecule has 0 bridgehead atoms. The zero-order valence-corrected chi connectivity index (χ0v) is 13.3. The van der Waals surface area contributed by atoms with Crippen molar-refractivity contribution in [2.24, 2.45) is 0 Å². The number of aromatic nitrogens is 2. The van der Waals surface area contributed by atoms with E-state index in [1.807, 2.05) is 18.2 Å². The quantitative estimate of drug-likeness (QED) is 0.717. The number of carbonyl (C=O) groups is 1. The maximum absolute atomic E-state index is 13.1. The molecule has 0 aliphatic carbocycles. The second kappa shape index (κ2) is 6.89. The number of fused-ring (bicyclic) bond motifs is 1. The van der Waals surface area contributed by atoms with Crippen molar-refractivity contribution in [2.45, 2.75) is 6.42 Å². The summed E-state index contributed by atoms with van der Waals surface area (Å²) in [6.45, 7) is 0.148. The SMILES string of the molecule is C#Cc1cccc2nc(CCNC(=O)O)n(-c3ccccc3)c(=O)c12. The highest BCUT2D eigenvalue weighted by molar-refractivity contribution is 5.84. The summed E-state index contributed by atoms with van der Waals surface area (Å²) in [6.07, 6.45) is 4.67. The van der Waals surface area contributed by atoms with Crippen molar-refractivity contribution in [1.82, 2.24) is 14.9 Å². The highest BCUT2D eigenvalue weighted by Gasteiger charge is 2.14. The van der Waals surface area contributed by atoms with Crippen molar-refractivity contribution in [3.8, 4) is 18.0 Å². The largest absolute Gasteiger partial charge is 0.465 e. The summed E-state index contributed by atoms with van der Waals surface area (Å²) in [4.78, 5) is 28.4. The number of para-hydroxylation sites is 1. The first-order chi connectivity index (χ1) is 12.1. The Morgan fingerprint density at radius 2 is 1.96 bits per heavy atom. The van der Waals surface area contributed by atoms with Crippen LogP contribution in [0.4, 0.5) is 4.79 Å². The van der Waals surface area contributed by atoms with Gasteiger partial charge in [0, 0.05) is 18.5 Å². The maximum Gasteiger partial charge on any atom is 0.404 e. The van der Waals surface area contributed by atoms with Crippen molar-refractivity contribution < 1.29 is 9.90 Å². The Morgan fingerprint density at radius 1 is 1.20 bits per heavy atom. The topological polar surface area (TPSA) is 84.2 Å². The average Bonchev–Trinajstić information content (AvgIpc) is 2.61. The Kier molecular flexibility index (Phi) is 4.48. The number of carboxylic acid groups (broad SMARTS) is 1. The molecule has 0 radical (unpaired) electrons. The summed E-state index contributed by atoms with van der Waals surface area (Å²) in [6, 6.07) is 14.2. The molecule has 0 saturated carbocycles. The molecule has 1 heterocycles. The van der Waals surface area contributed by atoms with Gasteiger partial charge in [0.1, 0.15) is 5.82 Å². The highest BCUT2D eigenvalue weighted by Crippen LogP contribution is 2.16. The summed E-state index contributed by atoms with van der Waals surface area (Å²) in [5.74, 6) is 2.99. The van der Waals surface area contributed by atoms with Crippen LogP contribution in [0.2, 0.25) is 0 Å². The fourth-order valence-electron chi connectivity index (χ4n) is 2.69. The van der Waals surface area contributed by atoms with Gasteiger partial charge in [0.2, 0.25) is 0 Å². The van der Waals surface area contributed by atoms with Crippen LogP contribution >= 0.6 is 0 Å². The van der Waals surface area contributed by atoms with Gasteiger partial charge in [-0.15, -0.1) is 6.42 Å². The normalized spacial score (nSPS) is 10.4. The Balaban J connectivity index is 2.24. The van der Waals surface area contributed by atoms with Gasteiger partial charge in [0.05, 0.1) is 16.6 Å². The number of amides is 1. The molecule has 0 atom stereocenters. The lowest BCUT2D eigenvalue weighted by Crippen LogP contribution is -2.29. The van der Waals surface area contributed by atoms with Crippen LogP contribution in [-0.4, -0.2) is 27.3 Å². The zero-order chi connectivity index (χ0) is 17.8. The Bertz CT molecular complexity index is 1030. The van der Waals surface area contributed by atoms with Gasteiger partial charge in [-0.25, -0.2) is 9.78 Å². The predicted octanol–water partition coefficient (Wildman–Crippen LogP) is 2.18. The van der Waals surface area contributed by atoms with Gasteiger partial charge < -0.3 is 10.4 Å². The van der Waals surface area contributed by atoms with E-state index in [9.17, 15) is 9.59 Å². The molecule has 0 unspecified atom stereocenters. The van der Waals surface area contributed by atoms with E-state index in [2.05, 4.69) is 16.2 Å². The number of rotatable bonds is 4. The van der Waals surface area contributed by atoms with E-state index in [1.54, 1.807) is 30.3 Å². The van der Waals surface area contributed by atoms with Crippen molar-refractivity contribution in [1.29, 1.82) is 0 Å². The molecule has 0 fully saturated rings. The summed E-state index contributed by atoms with van der Waals surface area (Å²) in [5, 5.41) is 11.4. The lowest BCUT2D eigenvalue weighted by atomic mass is 10.1. The number of benzene rings is 2. The molecule has 0 saturated heterocycles. The van der Waals surface area contributed by atoms with Crippen LogP contribution in [0.3, 0.4) is 0 Å². The molecule has 3 rings (SSSR count). The van der Waals surface area contributed by atoms with E-state index >= 15 is 0 Å². The van der Waals surface area contributed by atoms with Crippen LogP contribution in [-0.2, 0) is 6.42 Å². The van der Waals surface area contributed by atoms with E-state index in [0.29, 0.717) is 28.0 Å². The number of nitrogens with zero attached hydrogens (tertiary/aromatic N) is 2. The fraction of sp³-hybridized carbons (Fsp3) is 0.105. The monoisotopic (exact) mass is 333 g/mol. The van der Waals surface area contributed by atoms with E-state index < -0.39 is 6.09 Å². The minimum absolute atomic E-state index is 0.148. The number of terminal acetylenes is 1. The lowest BCUT2D eigenvalue weighted by Gasteiger charge is -2.14. The summed E-state index contributed by atoms with van der Waals surface area (Å²) in [7, 11) is 0. The number of hydrogen-bond acceptors (Lipinski definition) is 3. The van der Waals surface area contributed by atoms with Crippen molar-refractivity contribution >= 4 is 17.0 Å². The van der Waals surface area contributed by atoms with Gasteiger partial charge in [0.25, 0.3) is 5.56 Å². The lowest BCUT2D eigenvalue weighted by molar-refractivity contribution is 0.194. The van der Waals surface area contributed by atoms with Crippen molar-refractivity contribution in [3.63, 3.8) is 0 Å². The van der Waals surface area contributed by atoms with Crippen LogP contribution in [0.1, 0.15) is 11.4 Å². The van der Waals surface area contributed by atoms with Gasteiger partial charge in [0.15, 0.2) is 0 Å². The summed E-state index contributed by atoms with van der Waals surface area (Å²) >= 11 is 0. The predicted molar refractivity (Wildman–Crippen MR) is 95.0 cm³/mol. The van der Waals surface area contributed by atoms with Crippen LogP contribution in [0, 0.1) is 12.3 Å². The first-order valence-corrected chi connectivity index (χ1v) is 7.65. The molecule has 124 valence electrons. The number of nitrogens with one attached hydrogen (secondary N) is 1. The molecule has 0 spiro atoms. The number of hydrogen-bond donors (Lipinski definition) is 2. The molecule has 2 aromatic carbocycles. The summed E-state index contributed by atoms with van der Waals surface area (Å²) in [5.41, 5.74) is 1.36. The Labute approximate surface area is 143 Å². The van der Waals surface area contributed by atoms with E-state index in [-0.39, 0.29) is 18.5 Å². The molecule has 1 aromatic heterocycles. The van der Waals surface area contributed by atoms with Crippen molar-refractivity contribution in [2.75, 3.05) is 6.54 Å². The Hall–Kier alpha value is -3.59. The fourth-order valence-corrected chi connectivity index (χ4v) is 2.69. The van der Waals surface area contributed by atoms with Gasteiger partial charge in [-0.05, 0) is 24.3 Å². The van der Waals surface area contributed by atoms with E-state index in [1.165, 1.54) is 4.57 Å². The third kappa shape index (κ3) is 3.21. The molecule has 0 aliphatic rings. The van der Waals surface area contributed by atoms with Gasteiger partial charge in [-0.2, -0.15) is 0 Å². The molecule has 2 N–H and O–H groups in total. The molecule has 3 aromatic rings. The van der Waals surface area contributed by atoms with Crippen LogP contribution in [0.25, 0.3) is 16.6 Å². The minimum Gasteiger partial charge on any atom is -0.465 e. The molecular weight excluding hydrogens is 318 g/mol. The third-order valence-electron chi connectivity index (χ3n) is 3.76. The molecule has 1 amide bonds. The van der Waals surface area contributed by atoms with Crippen LogP contribution in [0.15, 0.2) is 53.3 Å². The highest BCUT2D eigenvalue weighted by atomic mass is 16.4. The third-order valence-corrected chi connectivity index (χ3v) is 3.76. The second-order valence-electron chi connectivity index (χ2n) is 5.33. The summed E-state index contributed by atoms with van der Waals surface area (Å²) < 4.78 is 1.48. The minimum atomic E-state index is -1.12. The molecule has 6 nitrogen and oxygen atoms in total. The molecule has 6 heteroatoms. The van der Waals surface area contributed by atoms with E-state index in [0.717, 1.165) is 0 Å². The first-order valence-electron chi connectivity index (χ1n) is 7.65. The van der Waals surface area contributed by atoms with E-state index in [4.69, 9.17) is 11.5 Å². The molecule has 0 aliphatic heterocycles. The average molecular weight is 333 g/mol. The molecule has 25 heavy (non-hydrogen) atoms. The van der Waals surface area contributed by atoms with Gasteiger partial charge in [-0.1, -0.05) is 30.2 Å². The maximum atomic E-state index is 13.1. The van der Waals surface area contributed by atoms with Crippen LogP contribution < -0.4 is 10.9 Å². The van der Waals surface area contributed by atoms with Gasteiger partial charge in [-0.3, -0.25) is 9.36 Å². The van der Waals surface area contributed by atoms with Crippen molar-refractivity contribution in [3.05, 3.63) is 70.3 Å². The second-order valence-corrected chi connectivity index (χ2v) is 5.33.